The van der Waals surface area contributed by atoms with Crippen molar-refractivity contribution in [2.75, 3.05) is 18.0 Å². The summed E-state index contributed by atoms with van der Waals surface area (Å²) in [4.78, 5) is 29.7. The van der Waals surface area contributed by atoms with Crippen LogP contribution in [0, 0.1) is 6.92 Å². The fourth-order valence-electron chi connectivity index (χ4n) is 4.86. The third kappa shape index (κ3) is 8.26. The average molecular weight is 614 g/mol. The predicted molar refractivity (Wildman–Crippen MR) is 173 cm³/mol. The van der Waals surface area contributed by atoms with Crippen molar-refractivity contribution >= 4 is 27.5 Å². The molecule has 8 nitrogen and oxygen atoms in total. The zero-order valence-corrected chi connectivity index (χ0v) is 26.3. The summed E-state index contributed by atoms with van der Waals surface area (Å²) in [5, 5.41) is 2.96. The van der Waals surface area contributed by atoms with Crippen molar-refractivity contribution in [2.24, 2.45) is 0 Å². The van der Waals surface area contributed by atoms with Crippen molar-refractivity contribution in [3.63, 3.8) is 0 Å². The Morgan fingerprint density at radius 2 is 1.43 bits per heavy atom. The molecule has 0 spiro atoms. The summed E-state index contributed by atoms with van der Waals surface area (Å²) in [5.74, 6) is -0.242. The topological polar surface area (TPSA) is 96.0 Å². The van der Waals surface area contributed by atoms with Gasteiger partial charge in [0.05, 0.1) is 17.7 Å². The van der Waals surface area contributed by atoms with E-state index < -0.39 is 28.5 Å². The molecule has 0 aliphatic rings. The van der Waals surface area contributed by atoms with Crippen molar-refractivity contribution in [3.8, 4) is 5.75 Å². The molecule has 0 aromatic heterocycles. The summed E-state index contributed by atoms with van der Waals surface area (Å²) in [6.07, 6.45) is 0.241. The van der Waals surface area contributed by atoms with Crippen LogP contribution in [0.5, 0.6) is 5.75 Å². The van der Waals surface area contributed by atoms with Gasteiger partial charge in [0.15, 0.2) is 0 Å². The lowest BCUT2D eigenvalue weighted by Crippen LogP contribution is -2.54. The highest BCUT2D eigenvalue weighted by atomic mass is 32.2. The first-order valence-electron chi connectivity index (χ1n) is 14.5. The minimum Gasteiger partial charge on any atom is -0.497 e. The van der Waals surface area contributed by atoms with Crippen molar-refractivity contribution in [1.29, 1.82) is 0 Å². The van der Waals surface area contributed by atoms with E-state index in [1.807, 2.05) is 63.2 Å². The molecule has 0 heterocycles. The first-order valence-corrected chi connectivity index (χ1v) is 15.9. The molecule has 0 saturated heterocycles. The molecule has 9 heteroatoms. The SMILES string of the molecule is COc1cccc(CN(C(=O)CN(c2ccccc2)S(=O)(=O)c2ccc(C)cc2)C(Cc2ccccc2)C(=O)NC(C)C)c1. The number of amides is 2. The standard InChI is InChI=1S/C35H39N3O5S/c1-26(2)36-35(40)33(23-28-12-7-5-8-13-28)37(24-29-14-11-17-31(22-29)43-4)34(39)25-38(30-15-9-6-10-16-30)44(41,42)32-20-18-27(3)19-21-32/h5-22,26,33H,23-25H2,1-4H3,(H,36,40). The van der Waals surface area contributed by atoms with Crippen LogP contribution in [-0.2, 0) is 32.6 Å². The molecule has 2 amide bonds. The number of ether oxygens (including phenoxy) is 1. The average Bonchev–Trinajstić information content (AvgIpc) is 3.02. The number of para-hydroxylation sites is 1. The van der Waals surface area contributed by atoms with Crippen LogP contribution in [0.2, 0.25) is 0 Å². The Morgan fingerprint density at radius 1 is 0.818 bits per heavy atom. The van der Waals surface area contributed by atoms with E-state index in [0.717, 1.165) is 21.0 Å². The van der Waals surface area contributed by atoms with Crippen LogP contribution in [0.4, 0.5) is 5.69 Å². The molecule has 4 aromatic rings. The summed E-state index contributed by atoms with van der Waals surface area (Å²) in [6, 6.07) is 30.7. The number of rotatable bonds is 13. The summed E-state index contributed by atoms with van der Waals surface area (Å²) in [5.41, 5.74) is 2.86. The smallest absolute Gasteiger partial charge is 0.264 e. The largest absolute Gasteiger partial charge is 0.497 e. The van der Waals surface area contributed by atoms with E-state index in [1.165, 1.54) is 17.0 Å². The predicted octanol–water partition coefficient (Wildman–Crippen LogP) is 5.36. The monoisotopic (exact) mass is 613 g/mol. The zero-order valence-electron chi connectivity index (χ0n) is 25.5. The molecule has 0 saturated carbocycles. The van der Waals surface area contributed by atoms with Gasteiger partial charge in [0.25, 0.3) is 10.0 Å². The number of benzene rings is 4. The highest BCUT2D eigenvalue weighted by molar-refractivity contribution is 7.92. The molecule has 0 radical (unpaired) electrons. The highest BCUT2D eigenvalue weighted by Crippen LogP contribution is 2.25. The lowest BCUT2D eigenvalue weighted by Gasteiger charge is -2.34. The zero-order chi connectivity index (χ0) is 31.7. The van der Waals surface area contributed by atoms with Crippen molar-refractivity contribution < 1.29 is 22.7 Å². The van der Waals surface area contributed by atoms with Crippen LogP contribution in [0.25, 0.3) is 0 Å². The van der Waals surface area contributed by atoms with Gasteiger partial charge in [-0.25, -0.2) is 8.42 Å². The van der Waals surface area contributed by atoms with E-state index in [9.17, 15) is 18.0 Å². The highest BCUT2D eigenvalue weighted by Gasteiger charge is 2.34. The van der Waals surface area contributed by atoms with Crippen LogP contribution >= 0.6 is 0 Å². The molecular weight excluding hydrogens is 574 g/mol. The molecule has 1 N–H and O–H groups in total. The minimum atomic E-state index is -4.14. The third-order valence-corrected chi connectivity index (χ3v) is 8.91. The maximum absolute atomic E-state index is 14.4. The molecule has 44 heavy (non-hydrogen) atoms. The van der Waals surface area contributed by atoms with Gasteiger partial charge in [-0.15, -0.1) is 0 Å². The second-order valence-electron chi connectivity index (χ2n) is 10.9. The molecule has 230 valence electrons. The fourth-order valence-corrected chi connectivity index (χ4v) is 6.28. The second-order valence-corrected chi connectivity index (χ2v) is 12.8. The lowest BCUT2D eigenvalue weighted by molar-refractivity contribution is -0.140. The molecule has 0 bridgehead atoms. The van der Waals surface area contributed by atoms with Crippen LogP contribution in [0.1, 0.15) is 30.5 Å². The van der Waals surface area contributed by atoms with Gasteiger partial charge in [-0.1, -0.05) is 78.4 Å². The van der Waals surface area contributed by atoms with E-state index in [1.54, 1.807) is 61.7 Å². The molecule has 4 rings (SSSR count). The van der Waals surface area contributed by atoms with Gasteiger partial charge in [-0.3, -0.25) is 13.9 Å². The van der Waals surface area contributed by atoms with Gasteiger partial charge < -0.3 is 15.0 Å². The number of aryl methyl sites for hydroxylation is 1. The molecule has 0 fully saturated rings. The van der Waals surface area contributed by atoms with Crippen molar-refractivity contribution in [1.82, 2.24) is 10.2 Å². The minimum absolute atomic E-state index is 0.0618. The van der Waals surface area contributed by atoms with Crippen LogP contribution in [-0.4, -0.2) is 50.9 Å². The molecular formula is C35H39N3O5S. The van der Waals surface area contributed by atoms with Crippen molar-refractivity contribution in [3.05, 3.63) is 126 Å². The van der Waals surface area contributed by atoms with Crippen LogP contribution in [0.15, 0.2) is 114 Å². The number of nitrogens with zero attached hydrogens (tertiary/aromatic N) is 2. The molecule has 0 aliphatic carbocycles. The number of nitrogens with one attached hydrogen (secondary N) is 1. The van der Waals surface area contributed by atoms with E-state index in [2.05, 4.69) is 5.32 Å². The summed E-state index contributed by atoms with van der Waals surface area (Å²) in [7, 11) is -2.58. The number of methoxy groups -OCH3 is 1. The first kappa shape index (κ1) is 32.3. The number of anilines is 1. The Balaban J connectivity index is 1.79. The Bertz CT molecular complexity index is 1640. The molecule has 1 atom stereocenters. The second kappa shape index (κ2) is 14.7. The maximum Gasteiger partial charge on any atom is 0.264 e. The fraction of sp³-hybridized carbons (Fsp3) is 0.257. The number of hydrogen-bond donors (Lipinski definition) is 1. The number of carbonyl (C=O) groups is 2. The maximum atomic E-state index is 14.4. The van der Waals surface area contributed by atoms with Crippen LogP contribution in [0.3, 0.4) is 0 Å². The van der Waals surface area contributed by atoms with Gasteiger partial charge in [-0.05, 0) is 68.3 Å². The molecule has 0 aliphatic heterocycles. The van der Waals surface area contributed by atoms with E-state index in [-0.39, 0.29) is 29.8 Å². The van der Waals surface area contributed by atoms with E-state index in [4.69, 9.17) is 4.74 Å². The Kier molecular flexibility index (Phi) is 10.8. The van der Waals surface area contributed by atoms with Crippen molar-refractivity contribution in [2.45, 2.75) is 50.7 Å². The number of hydrogen-bond acceptors (Lipinski definition) is 5. The normalized spacial score (nSPS) is 11.9. The Labute approximate surface area is 260 Å². The Morgan fingerprint density at radius 3 is 2.05 bits per heavy atom. The van der Waals surface area contributed by atoms with E-state index >= 15 is 0 Å². The number of carbonyl (C=O) groups excluding carboxylic acids is 2. The summed E-state index contributed by atoms with van der Waals surface area (Å²) < 4.78 is 34.6. The van der Waals surface area contributed by atoms with Gasteiger partial charge >= 0.3 is 0 Å². The summed E-state index contributed by atoms with van der Waals surface area (Å²) >= 11 is 0. The Hall–Kier alpha value is -4.63. The van der Waals surface area contributed by atoms with Crippen LogP contribution < -0.4 is 14.4 Å². The molecule has 4 aromatic carbocycles. The third-order valence-electron chi connectivity index (χ3n) is 7.12. The van der Waals surface area contributed by atoms with E-state index in [0.29, 0.717) is 11.4 Å². The van der Waals surface area contributed by atoms with Gasteiger partial charge in [0, 0.05) is 19.0 Å². The number of sulfonamides is 1. The molecule has 1 unspecified atom stereocenters. The first-order chi connectivity index (χ1) is 21.1. The lowest BCUT2D eigenvalue weighted by atomic mass is 10.0. The van der Waals surface area contributed by atoms with Gasteiger partial charge in [0.1, 0.15) is 18.3 Å². The van der Waals surface area contributed by atoms with Gasteiger partial charge in [-0.2, -0.15) is 0 Å². The quantitative estimate of drug-likeness (QED) is 0.219. The summed E-state index contributed by atoms with van der Waals surface area (Å²) in [6.45, 7) is 5.14. The van der Waals surface area contributed by atoms with Gasteiger partial charge in [0.2, 0.25) is 11.8 Å².